The molecular formula is C6H7N5O. The highest BCUT2D eigenvalue weighted by Crippen LogP contribution is 2.01. The third kappa shape index (κ3) is 1.25. The van der Waals surface area contributed by atoms with Crippen LogP contribution in [0.25, 0.3) is 0 Å². The number of rotatable bonds is 2. The lowest BCUT2D eigenvalue weighted by atomic mass is 10.3. The second-order valence-electron chi connectivity index (χ2n) is 2.20. The van der Waals surface area contributed by atoms with Gasteiger partial charge in [-0.2, -0.15) is 5.26 Å². The van der Waals surface area contributed by atoms with Crippen LogP contribution >= 0.6 is 0 Å². The molecule has 0 radical (unpaired) electrons. The molecule has 0 aliphatic heterocycles. The largest absolute Gasteiger partial charge is 0.364 e. The van der Waals surface area contributed by atoms with Crippen LogP contribution in [0.3, 0.4) is 0 Å². The first-order valence-electron chi connectivity index (χ1n) is 3.23. The van der Waals surface area contributed by atoms with Crippen molar-refractivity contribution in [1.29, 1.82) is 5.26 Å². The highest BCUT2D eigenvalue weighted by atomic mass is 16.1. The number of nitrogens with two attached hydrogens (primary N) is 1. The maximum absolute atomic E-state index is 10.7. The Labute approximate surface area is 68.6 Å². The van der Waals surface area contributed by atoms with Gasteiger partial charge in [0.1, 0.15) is 6.54 Å². The normalized spacial score (nSPS) is 9.33. The van der Waals surface area contributed by atoms with Gasteiger partial charge in [0.05, 0.1) is 11.8 Å². The van der Waals surface area contributed by atoms with Crippen molar-refractivity contribution in [2.24, 2.45) is 5.73 Å². The minimum Gasteiger partial charge on any atom is -0.364 e. The van der Waals surface area contributed by atoms with Crippen molar-refractivity contribution >= 4 is 5.91 Å². The summed E-state index contributed by atoms with van der Waals surface area (Å²) in [7, 11) is 0. The van der Waals surface area contributed by atoms with E-state index >= 15 is 0 Å². The SMILES string of the molecule is Cc1c(C(N)=O)nnn1CC#N. The van der Waals surface area contributed by atoms with Crippen LogP contribution in [-0.4, -0.2) is 20.9 Å². The van der Waals surface area contributed by atoms with Gasteiger partial charge in [-0.1, -0.05) is 5.21 Å². The van der Waals surface area contributed by atoms with E-state index in [1.165, 1.54) is 4.68 Å². The molecule has 0 aliphatic carbocycles. The highest BCUT2D eigenvalue weighted by molar-refractivity contribution is 5.91. The van der Waals surface area contributed by atoms with Gasteiger partial charge in [-0.3, -0.25) is 4.79 Å². The van der Waals surface area contributed by atoms with Crippen LogP contribution in [0.5, 0.6) is 0 Å². The molecule has 1 aromatic heterocycles. The summed E-state index contributed by atoms with van der Waals surface area (Å²) in [6, 6.07) is 1.89. The molecular weight excluding hydrogens is 158 g/mol. The Balaban J connectivity index is 3.06. The maximum atomic E-state index is 10.7. The van der Waals surface area contributed by atoms with E-state index in [0.29, 0.717) is 5.69 Å². The molecule has 0 aliphatic rings. The third-order valence-corrected chi connectivity index (χ3v) is 1.44. The monoisotopic (exact) mass is 165 g/mol. The number of primary amides is 1. The van der Waals surface area contributed by atoms with Gasteiger partial charge in [0.25, 0.3) is 5.91 Å². The molecule has 1 rings (SSSR count). The van der Waals surface area contributed by atoms with Gasteiger partial charge >= 0.3 is 0 Å². The van der Waals surface area contributed by atoms with Gasteiger partial charge in [-0.05, 0) is 6.92 Å². The molecule has 62 valence electrons. The van der Waals surface area contributed by atoms with Crippen LogP contribution in [0.4, 0.5) is 0 Å². The Bertz CT molecular complexity index is 347. The summed E-state index contributed by atoms with van der Waals surface area (Å²) in [5.41, 5.74) is 5.62. The molecule has 0 aromatic carbocycles. The zero-order valence-corrected chi connectivity index (χ0v) is 6.48. The number of amides is 1. The molecule has 0 bridgehead atoms. The van der Waals surface area contributed by atoms with Crippen LogP contribution in [0, 0.1) is 18.3 Å². The predicted molar refractivity (Wildman–Crippen MR) is 38.9 cm³/mol. The molecule has 0 fully saturated rings. The molecule has 2 N–H and O–H groups in total. The zero-order chi connectivity index (χ0) is 9.14. The Morgan fingerprint density at radius 1 is 1.83 bits per heavy atom. The maximum Gasteiger partial charge on any atom is 0.271 e. The smallest absolute Gasteiger partial charge is 0.271 e. The zero-order valence-electron chi connectivity index (χ0n) is 6.48. The van der Waals surface area contributed by atoms with Gasteiger partial charge < -0.3 is 5.73 Å². The highest BCUT2D eigenvalue weighted by Gasteiger charge is 2.12. The average molecular weight is 165 g/mol. The Morgan fingerprint density at radius 3 is 2.92 bits per heavy atom. The summed E-state index contributed by atoms with van der Waals surface area (Å²) in [5, 5.41) is 15.4. The van der Waals surface area contributed by atoms with E-state index in [-0.39, 0.29) is 12.2 Å². The van der Waals surface area contributed by atoms with E-state index in [1.54, 1.807) is 6.92 Å². The summed E-state index contributed by atoms with van der Waals surface area (Å²) in [4.78, 5) is 10.7. The van der Waals surface area contributed by atoms with Gasteiger partial charge in [0.2, 0.25) is 0 Å². The van der Waals surface area contributed by atoms with E-state index in [1.807, 2.05) is 6.07 Å². The van der Waals surface area contributed by atoms with Crippen molar-refractivity contribution in [3.8, 4) is 6.07 Å². The molecule has 6 nitrogen and oxygen atoms in total. The molecule has 0 unspecified atom stereocenters. The van der Waals surface area contributed by atoms with Crippen molar-refractivity contribution < 1.29 is 4.79 Å². The van der Waals surface area contributed by atoms with E-state index in [4.69, 9.17) is 11.0 Å². The first-order chi connectivity index (χ1) is 5.66. The van der Waals surface area contributed by atoms with Crippen LogP contribution in [0.2, 0.25) is 0 Å². The first kappa shape index (κ1) is 8.20. The van der Waals surface area contributed by atoms with Crippen LogP contribution < -0.4 is 5.73 Å². The molecule has 0 saturated carbocycles. The molecule has 0 saturated heterocycles. The second kappa shape index (κ2) is 3.00. The molecule has 0 spiro atoms. The number of carbonyl (C=O) groups is 1. The van der Waals surface area contributed by atoms with E-state index < -0.39 is 5.91 Å². The fraction of sp³-hybridized carbons (Fsp3) is 0.333. The number of hydrogen-bond acceptors (Lipinski definition) is 4. The van der Waals surface area contributed by atoms with E-state index in [2.05, 4.69) is 10.3 Å². The van der Waals surface area contributed by atoms with Crippen molar-refractivity contribution in [3.63, 3.8) is 0 Å². The molecule has 1 aromatic rings. The van der Waals surface area contributed by atoms with E-state index in [9.17, 15) is 4.79 Å². The third-order valence-electron chi connectivity index (χ3n) is 1.44. The molecule has 1 amide bonds. The summed E-state index contributed by atoms with van der Waals surface area (Å²) in [6.07, 6.45) is 0. The Morgan fingerprint density at radius 2 is 2.50 bits per heavy atom. The number of carbonyl (C=O) groups excluding carboxylic acids is 1. The summed E-state index contributed by atoms with van der Waals surface area (Å²) < 4.78 is 1.32. The topological polar surface area (TPSA) is 97.6 Å². The molecule has 12 heavy (non-hydrogen) atoms. The summed E-state index contributed by atoms with van der Waals surface area (Å²) >= 11 is 0. The van der Waals surface area contributed by atoms with Gasteiger partial charge in [-0.15, -0.1) is 5.10 Å². The number of hydrogen-bond donors (Lipinski definition) is 1. The van der Waals surface area contributed by atoms with Crippen LogP contribution in [-0.2, 0) is 6.54 Å². The van der Waals surface area contributed by atoms with Crippen LogP contribution in [0.15, 0.2) is 0 Å². The summed E-state index contributed by atoms with van der Waals surface area (Å²) in [6.45, 7) is 1.71. The van der Waals surface area contributed by atoms with Gasteiger partial charge in [0, 0.05) is 0 Å². The number of nitrogens with zero attached hydrogens (tertiary/aromatic N) is 4. The Hall–Kier alpha value is -1.90. The van der Waals surface area contributed by atoms with Crippen molar-refractivity contribution in [1.82, 2.24) is 15.0 Å². The quantitative estimate of drug-likeness (QED) is 0.620. The lowest BCUT2D eigenvalue weighted by Gasteiger charge is -1.93. The predicted octanol–water partition coefficient (Wildman–Crippen LogP) is -0.791. The first-order valence-corrected chi connectivity index (χ1v) is 3.23. The number of nitriles is 1. The van der Waals surface area contributed by atoms with Crippen molar-refractivity contribution in [2.45, 2.75) is 13.5 Å². The average Bonchev–Trinajstić information content (AvgIpc) is 2.34. The molecule has 0 atom stereocenters. The molecule has 6 heteroatoms. The van der Waals surface area contributed by atoms with E-state index in [0.717, 1.165) is 0 Å². The minimum absolute atomic E-state index is 0.0755. The lowest BCUT2D eigenvalue weighted by molar-refractivity contribution is 0.0995. The molecule has 1 heterocycles. The fourth-order valence-electron chi connectivity index (χ4n) is 0.805. The standard InChI is InChI=1S/C6H7N5O/c1-4-5(6(8)12)9-10-11(4)3-2-7/h3H2,1H3,(H2,8,12). The minimum atomic E-state index is -0.628. The lowest BCUT2D eigenvalue weighted by Crippen LogP contribution is -2.13. The summed E-state index contributed by atoms with van der Waals surface area (Å²) in [5.74, 6) is -0.628. The van der Waals surface area contributed by atoms with Crippen molar-refractivity contribution in [3.05, 3.63) is 11.4 Å². The second-order valence-corrected chi connectivity index (χ2v) is 2.20. The number of aromatic nitrogens is 3. The Kier molecular flexibility index (Phi) is 2.05. The van der Waals surface area contributed by atoms with Crippen molar-refractivity contribution in [2.75, 3.05) is 0 Å². The van der Waals surface area contributed by atoms with Gasteiger partial charge in [-0.25, -0.2) is 4.68 Å². The van der Waals surface area contributed by atoms with Crippen LogP contribution in [0.1, 0.15) is 16.2 Å². The fourth-order valence-corrected chi connectivity index (χ4v) is 0.805. The van der Waals surface area contributed by atoms with Gasteiger partial charge in [0.15, 0.2) is 5.69 Å².